The number of thioether (sulfide) groups is 1. The molecule has 1 aliphatic rings. The van der Waals surface area contributed by atoms with Crippen molar-refractivity contribution in [3.63, 3.8) is 0 Å². The summed E-state index contributed by atoms with van der Waals surface area (Å²) in [6, 6.07) is 7.73. The second-order valence-corrected chi connectivity index (χ2v) is 7.21. The summed E-state index contributed by atoms with van der Waals surface area (Å²) in [5.41, 5.74) is 0. The fraction of sp³-hybridized carbons (Fsp3) is 0.562. The maximum Gasteiger partial charge on any atom is 0.236 e. The molecule has 4 heteroatoms. The maximum atomic E-state index is 12.6. The second kappa shape index (κ2) is 7.37. The van der Waals surface area contributed by atoms with Crippen LogP contribution in [0.2, 0.25) is 5.02 Å². The Kier molecular flexibility index (Phi) is 5.79. The van der Waals surface area contributed by atoms with Gasteiger partial charge in [0.25, 0.3) is 0 Å². The third-order valence-corrected chi connectivity index (χ3v) is 5.32. The Morgan fingerprint density at radius 2 is 2.15 bits per heavy atom. The first-order chi connectivity index (χ1) is 9.60. The smallest absolute Gasteiger partial charge is 0.236 e. The molecule has 20 heavy (non-hydrogen) atoms. The fourth-order valence-corrected chi connectivity index (χ4v) is 3.74. The topological polar surface area (TPSA) is 20.3 Å². The van der Waals surface area contributed by atoms with Crippen molar-refractivity contribution in [1.29, 1.82) is 0 Å². The van der Waals surface area contributed by atoms with E-state index in [0.717, 1.165) is 35.8 Å². The summed E-state index contributed by atoms with van der Waals surface area (Å²) in [6.07, 6.45) is 3.23. The van der Waals surface area contributed by atoms with Crippen LogP contribution in [0.1, 0.15) is 33.1 Å². The first-order valence-electron chi connectivity index (χ1n) is 7.31. The number of hydrogen-bond acceptors (Lipinski definition) is 2. The minimum absolute atomic E-state index is 0.0153. The number of benzene rings is 1. The second-order valence-electron chi connectivity index (χ2n) is 5.50. The van der Waals surface area contributed by atoms with Crippen molar-refractivity contribution in [2.75, 3.05) is 13.1 Å². The summed E-state index contributed by atoms with van der Waals surface area (Å²) in [7, 11) is 0. The largest absolute Gasteiger partial charge is 0.341 e. The molecule has 0 radical (unpaired) electrons. The van der Waals surface area contributed by atoms with E-state index in [0.29, 0.717) is 11.8 Å². The molecule has 0 aromatic heterocycles. The van der Waals surface area contributed by atoms with E-state index in [1.165, 1.54) is 6.42 Å². The zero-order valence-corrected chi connectivity index (χ0v) is 13.7. The Morgan fingerprint density at radius 1 is 1.45 bits per heavy atom. The van der Waals surface area contributed by atoms with Gasteiger partial charge in [0.2, 0.25) is 5.91 Å². The molecule has 2 rings (SSSR count). The van der Waals surface area contributed by atoms with Crippen LogP contribution in [-0.4, -0.2) is 29.1 Å². The number of amides is 1. The van der Waals surface area contributed by atoms with Crippen LogP contribution in [-0.2, 0) is 4.79 Å². The number of carbonyl (C=O) groups excluding carboxylic acids is 1. The van der Waals surface area contributed by atoms with E-state index < -0.39 is 0 Å². The lowest BCUT2D eigenvalue weighted by atomic mass is 10.00. The number of hydrogen-bond donors (Lipinski definition) is 0. The van der Waals surface area contributed by atoms with E-state index >= 15 is 0 Å². The summed E-state index contributed by atoms with van der Waals surface area (Å²) in [5, 5.41) is 0.750. The molecule has 1 aliphatic heterocycles. The van der Waals surface area contributed by atoms with E-state index in [1.807, 2.05) is 29.2 Å². The fourth-order valence-electron chi connectivity index (χ4n) is 2.58. The third kappa shape index (κ3) is 4.16. The lowest BCUT2D eigenvalue weighted by molar-refractivity contribution is -0.132. The van der Waals surface area contributed by atoms with Crippen molar-refractivity contribution in [2.45, 2.75) is 43.3 Å². The van der Waals surface area contributed by atoms with Crippen molar-refractivity contribution < 1.29 is 4.79 Å². The molecule has 0 bridgehead atoms. The highest BCUT2D eigenvalue weighted by atomic mass is 35.5. The van der Waals surface area contributed by atoms with Gasteiger partial charge >= 0.3 is 0 Å². The number of nitrogens with zero attached hydrogens (tertiary/aromatic N) is 1. The number of carbonyl (C=O) groups is 1. The van der Waals surface area contributed by atoms with Crippen molar-refractivity contribution in [3.05, 3.63) is 29.3 Å². The van der Waals surface area contributed by atoms with Crippen molar-refractivity contribution >= 4 is 29.3 Å². The highest BCUT2D eigenvalue weighted by Crippen LogP contribution is 2.29. The van der Waals surface area contributed by atoms with E-state index in [9.17, 15) is 4.79 Å². The van der Waals surface area contributed by atoms with Gasteiger partial charge in [0, 0.05) is 23.0 Å². The molecule has 1 aromatic carbocycles. The van der Waals surface area contributed by atoms with Crippen LogP contribution in [0.25, 0.3) is 0 Å². The summed E-state index contributed by atoms with van der Waals surface area (Å²) >= 11 is 7.55. The average molecular weight is 312 g/mol. The standard InChI is InChI=1S/C16H22ClNOS/c1-3-15(20-14-8-6-13(17)7-9-14)16(19)18-10-4-5-12(2)11-18/h6-9,12,15H,3-5,10-11H2,1-2H3/t12-,15+/m0/s1. The normalized spacial score (nSPS) is 20.8. The van der Waals surface area contributed by atoms with Gasteiger partial charge in [0.05, 0.1) is 5.25 Å². The molecule has 0 saturated carbocycles. The van der Waals surface area contributed by atoms with Gasteiger partial charge in [-0.05, 0) is 49.4 Å². The quantitative estimate of drug-likeness (QED) is 0.765. The van der Waals surface area contributed by atoms with Gasteiger partial charge in [-0.2, -0.15) is 0 Å². The van der Waals surface area contributed by atoms with Gasteiger partial charge in [-0.25, -0.2) is 0 Å². The zero-order chi connectivity index (χ0) is 14.5. The van der Waals surface area contributed by atoms with E-state index in [-0.39, 0.29) is 5.25 Å². The van der Waals surface area contributed by atoms with Crippen molar-refractivity contribution in [1.82, 2.24) is 4.90 Å². The van der Waals surface area contributed by atoms with Crippen LogP contribution in [0.4, 0.5) is 0 Å². The number of rotatable bonds is 4. The Morgan fingerprint density at radius 3 is 2.75 bits per heavy atom. The molecule has 0 N–H and O–H groups in total. The Hall–Kier alpha value is -0.670. The number of likely N-dealkylation sites (tertiary alicyclic amines) is 1. The predicted octanol–water partition coefficient (Wildman–Crippen LogP) is 4.47. The lowest BCUT2D eigenvalue weighted by Crippen LogP contribution is -2.43. The maximum absolute atomic E-state index is 12.6. The Bertz CT molecular complexity index is 448. The molecule has 0 spiro atoms. The molecule has 0 aliphatic carbocycles. The van der Waals surface area contributed by atoms with Crippen LogP contribution in [0.15, 0.2) is 29.2 Å². The van der Waals surface area contributed by atoms with Gasteiger partial charge < -0.3 is 4.90 Å². The Balaban J connectivity index is 2.00. The summed E-state index contributed by atoms with van der Waals surface area (Å²) < 4.78 is 0. The first kappa shape index (κ1) is 15.7. The molecular formula is C16H22ClNOS. The number of halogens is 1. The molecule has 110 valence electrons. The van der Waals surface area contributed by atoms with Crippen LogP contribution in [0, 0.1) is 5.92 Å². The van der Waals surface area contributed by atoms with Crippen LogP contribution in [0.3, 0.4) is 0 Å². The van der Waals surface area contributed by atoms with Gasteiger partial charge in [-0.3, -0.25) is 4.79 Å². The molecule has 1 saturated heterocycles. The SMILES string of the molecule is CC[C@@H](Sc1ccc(Cl)cc1)C(=O)N1CCC[C@H](C)C1. The minimum Gasteiger partial charge on any atom is -0.341 e. The van der Waals surface area contributed by atoms with E-state index in [1.54, 1.807) is 11.8 Å². The van der Waals surface area contributed by atoms with Gasteiger partial charge in [-0.15, -0.1) is 11.8 Å². The van der Waals surface area contributed by atoms with Crippen LogP contribution in [0.5, 0.6) is 0 Å². The highest BCUT2D eigenvalue weighted by molar-refractivity contribution is 8.00. The molecule has 0 unspecified atom stereocenters. The van der Waals surface area contributed by atoms with E-state index in [2.05, 4.69) is 13.8 Å². The van der Waals surface area contributed by atoms with Gasteiger partial charge in [-0.1, -0.05) is 25.4 Å². The minimum atomic E-state index is 0.0153. The van der Waals surface area contributed by atoms with Gasteiger partial charge in [0.15, 0.2) is 0 Å². The molecule has 2 nitrogen and oxygen atoms in total. The van der Waals surface area contributed by atoms with E-state index in [4.69, 9.17) is 11.6 Å². The summed E-state index contributed by atoms with van der Waals surface area (Å²) in [4.78, 5) is 15.8. The molecular weight excluding hydrogens is 290 g/mol. The van der Waals surface area contributed by atoms with Crippen molar-refractivity contribution in [2.24, 2.45) is 5.92 Å². The molecule has 2 atom stereocenters. The highest BCUT2D eigenvalue weighted by Gasteiger charge is 2.27. The molecule has 1 aromatic rings. The third-order valence-electron chi connectivity index (χ3n) is 3.71. The predicted molar refractivity (Wildman–Crippen MR) is 86.4 cm³/mol. The van der Waals surface area contributed by atoms with Crippen LogP contribution >= 0.6 is 23.4 Å². The first-order valence-corrected chi connectivity index (χ1v) is 8.57. The monoisotopic (exact) mass is 311 g/mol. The van der Waals surface area contributed by atoms with Crippen LogP contribution < -0.4 is 0 Å². The molecule has 1 heterocycles. The average Bonchev–Trinajstić information content (AvgIpc) is 2.46. The van der Waals surface area contributed by atoms with Gasteiger partial charge in [0.1, 0.15) is 0 Å². The number of piperidine rings is 1. The summed E-state index contributed by atoms with van der Waals surface area (Å²) in [6.45, 7) is 6.14. The van der Waals surface area contributed by atoms with Crippen molar-refractivity contribution in [3.8, 4) is 0 Å². The summed E-state index contributed by atoms with van der Waals surface area (Å²) in [5.74, 6) is 0.921. The lowest BCUT2D eigenvalue weighted by Gasteiger charge is -2.33. The Labute approximate surface area is 130 Å². The molecule has 1 fully saturated rings. The zero-order valence-electron chi connectivity index (χ0n) is 12.1. The molecule has 1 amide bonds.